The molecule has 0 unspecified atom stereocenters. The largest absolute Gasteiger partial charge is 0.396 e. The molecule has 6 rings (SSSR count). The van der Waals surface area contributed by atoms with Gasteiger partial charge in [-0.15, -0.1) is 0 Å². The third-order valence-corrected chi connectivity index (χ3v) is 7.52. The van der Waals surface area contributed by atoms with Gasteiger partial charge in [-0.3, -0.25) is 9.36 Å². The zero-order valence-electron chi connectivity index (χ0n) is 30.3. The number of hydrogen-bond acceptors (Lipinski definition) is 8. The Balaban J connectivity index is 0.000000218. The van der Waals surface area contributed by atoms with E-state index in [1.807, 2.05) is 46.3 Å². The molecule has 3 N–H and O–H groups in total. The second-order valence-electron chi connectivity index (χ2n) is 11.9. The lowest BCUT2D eigenvalue weighted by atomic mass is 9.95. The second kappa shape index (κ2) is 18.5. The van der Waals surface area contributed by atoms with Crippen molar-refractivity contribution >= 4 is 28.9 Å². The maximum absolute atomic E-state index is 5.79. The van der Waals surface area contributed by atoms with Gasteiger partial charge in [0.2, 0.25) is 11.2 Å². The lowest BCUT2D eigenvalue weighted by Crippen LogP contribution is -1.98. The molecule has 10 nitrogen and oxygen atoms in total. The summed E-state index contributed by atoms with van der Waals surface area (Å²) in [6.07, 6.45) is 10.4. The van der Waals surface area contributed by atoms with Crippen LogP contribution in [0.3, 0.4) is 0 Å². The summed E-state index contributed by atoms with van der Waals surface area (Å²) >= 11 is 5.79. The van der Waals surface area contributed by atoms with E-state index >= 15 is 0 Å². The molecule has 0 atom stereocenters. The molecule has 4 heterocycles. The first-order chi connectivity index (χ1) is 23.4. The van der Waals surface area contributed by atoms with Gasteiger partial charge in [0.1, 0.15) is 0 Å². The van der Waals surface area contributed by atoms with Gasteiger partial charge >= 0.3 is 0 Å². The summed E-state index contributed by atoms with van der Waals surface area (Å²) in [5, 5.41) is 11.4. The van der Waals surface area contributed by atoms with Crippen LogP contribution in [0.2, 0.25) is 5.28 Å². The van der Waals surface area contributed by atoms with E-state index in [0.29, 0.717) is 23.5 Å². The van der Waals surface area contributed by atoms with Gasteiger partial charge in [-0.1, -0.05) is 65.8 Å². The molecule has 0 saturated carbocycles. The summed E-state index contributed by atoms with van der Waals surface area (Å²) in [5.41, 5.74) is 16.1. The minimum absolute atomic E-state index is 0.285. The summed E-state index contributed by atoms with van der Waals surface area (Å²) in [7, 11) is 3.71. The van der Waals surface area contributed by atoms with Gasteiger partial charge < -0.3 is 11.1 Å². The van der Waals surface area contributed by atoms with E-state index in [1.54, 1.807) is 40.3 Å². The van der Waals surface area contributed by atoms with Crippen molar-refractivity contribution in [2.24, 2.45) is 14.1 Å². The fraction of sp³-hybridized carbons (Fsp3) is 0.316. The van der Waals surface area contributed by atoms with Gasteiger partial charge in [-0.05, 0) is 83.8 Å². The Bertz CT molecular complexity index is 1890. The van der Waals surface area contributed by atoms with Gasteiger partial charge in [0.05, 0.1) is 35.2 Å². The van der Waals surface area contributed by atoms with Gasteiger partial charge in [0, 0.05) is 50.0 Å². The predicted octanol–water partition coefficient (Wildman–Crippen LogP) is 9.31. The summed E-state index contributed by atoms with van der Waals surface area (Å²) in [4.78, 5) is 17.0. The Labute approximate surface area is 295 Å². The zero-order valence-corrected chi connectivity index (χ0v) is 31.0. The van der Waals surface area contributed by atoms with E-state index in [9.17, 15) is 0 Å². The number of nitrogens with two attached hydrogens (primary N) is 1. The highest BCUT2D eigenvalue weighted by atomic mass is 35.5. The van der Waals surface area contributed by atoms with Crippen molar-refractivity contribution in [3.8, 4) is 22.5 Å². The van der Waals surface area contributed by atoms with E-state index in [4.69, 9.17) is 17.3 Å². The average molecular weight is 681 g/mol. The Morgan fingerprint density at radius 1 is 0.694 bits per heavy atom. The van der Waals surface area contributed by atoms with Crippen molar-refractivity contribution < 1.29 is 0 Å². The minimum Gasteiger partial charge on any atom is -0.396 e. The lowest BCUT2D eigenvalue weighted by molar-refractivity contribution is 0.768. The molecule has 2 aromatic carbocycles. The van der Waals surface area contributed by atoms with Crippen LogP contribution in [-0.2, 0) is 14.1 Å². The van der Waals surface area contributed by atoms with Crippen LogP contribution >= 0.6 is 11.6 Å². The highest BCUT2D eigenvalue weighted by Gasteiger charge is 2.09. The summed E-state index contributed by atoms with van der Waals surface area (Å²) < 4.78 is 3.40. The lowest BCUT2D eigenvalue weighted by Gasteiger charge is -2.11. The van der Waals surface area contributed by atoms with Crippen LogP contribution in [-0.4, -0.2) is 39.5 Å². The van der Waals surface area contributed by atoms with Crippen molar-refractivity contribution in [2.45, 2.75) is 67.2 Å². The zero-order chi connectivity index (χ0) is 36.1. The summed E-state index contributed by atoms with van der Waals surface area (Å²) in [5.74, 6) is 1.64. The smallest absolute Gasteiger partial charge is 0.227 e. The monoisotopic (exact) mass is 680 g/mol. The molecule has 0 radical (unpaired) electrons. The van der Waals surface area contributed by atoms with Crippen LogP contribution < -0.4 is 11.1 Å². The van der Waals surface area contributed by atoms with E-state index in [1.165, 1.54) is 22.3 Å². The summed E-state index contributed by atoms with van der Waals surface area (Å²) in [6.45, 7) is 17.1. The SMILES string of the molecule is CC.Cc1cc(-c2ccnc(Cl)n2)ccc1C(C)C.Cc1cc(-c2ccnc(Nc3cnn(C)c3)n2)ccc1C(C)C.Cn1cc(N)cn1. The molecule has 258 valence electrons. The molecule has 0 fully saturated rings. The highest BCUT2D eigenvalue weighted by Crippen LogP contribution is 2.27. The number of rotatable bonds is 6. The Morgan fingerprint density at radius 3 is 1.61 bits per heavy atom. The molecular weight excluding hydrogens is 632 g/mol. The quantitative estimate of drug-likeness (QED) is 0.167. The fourth-order valence-electron chi connectivity index (χ4n) is 5.10. The predicted molar refractivity (Wildman–Crippen MR) is 203 cm³/mol. The number of anilines is 3. The van der Waals surface area contributed by atoms with Crippen LogP contribution in [0.1, 0.15) is 75.6 Å². The first-order valence-corrected chi connectivity index (χ1v) is 16.8. The molecule has 0 aliphatic carbocycles. The van der Waals surface area contributed by atoms with Crippen LogP contribution in [0.4, 0.5) is 17.3 Å². The van der Waals surface area contributed by atoms with E-state index in [0.717, 1.165) is 28.2 Å². The molecule has 4 aromatic heterocycles. The molecule has 49 heavy (non-hydrogen) atoms. The number of aryl methyl sites for hydroxylation is 4. The molecule has 0 aliphatic rings. The van der Waals surface area contributed by atoms with Crippen molar-refractivity contribution in [3.63, 3.8) is 0 Å². The maximum Gasteiger partial charge on any atom is 0.227 e. The number of nitrogens with one attached hydrogen (secondary N) is 1. The number of benzene rings is 2. The van der Waals surface area contributed by atoms with Crippen LogP contribution in [0, 0.1) is 13.8 Å². The number of nitrogen functional groups attached to an aromatic ring is 1. The normalized spacial score (nSPS) is 10.4. The van der Waals surface area contributed by atoms with Crippen molar-refractivity contribution in [2.75, 3.05) is 11.1 Å². The molecule has 11 heteroatoms. The van der Waals surface area contributed by atoms with Crippen LogP contribution in [0.25, 0.3) is 22.5 Å². The first-order valence-electron chi connectivity index (χ1n) is 16.4. The molecule has 0 amide bonds. The third kappa shape index (κ3) is 11.5. The van der Waals surface area contributed by atoms with E-state index in [-0.39, 0.29) is 5.28 Å². The van der Waals surface area contributed by atoms with Crippen molar-refractivity contribution in [3.05, 3.63) is 113 Å². The van der Waals surface area contributed by atoms with Gasteiger partial charge in [0.15, 0.2) is 0 Å². The summed E-state index contributed by atoms with van der Waals surface area (Å²) in [6, 6.07) is 16.7. The standard InChI is InChI=1S/C18H21N5.C14H15ClN2.C4H7N3.C2H6/c1-12(2)16-6-5-14(9-13(16)3)17-7-8-19-18(22-17)21-15-10-20-23(4)11-15;1-9(2)12-5-4-11(8-10(12)3)13-6-7-16-14(15)17-13;1-7-3-4(5)2-6-7;1-2/h5-12H,1-4H3,(H,19,21,22);4-9H,1-3H3;2-3H,5H2,1H3;1-2H3. The van der Waals surface area contributed by atoms with Crippen LogP contribution in [0.15, 0.2) is 85.7 Å². The van der Waals surface area contributed by atoms with Crippen molar-refractivity contribution in [1.29, 1.82) is 0 Å². The third-order valence-electron chi connectivity index (χ3n) is 7.34. The van der Waals surface area contributed by atoms with Gasteiger partial charge in [0.25, 0.3) is 0 Å². The van der Waals surface area contributed by atoms with Crippen molar-refractivity contribution in [1.82, 2.24) is 39.5 Å². The molecule has 6 aromatic rings. The molecule has 0 saturated heterocycles. The number of hydrogen-bond donors (Lipinski definition) is 2. The highest BCUT2D eigenvalue weighted by molar-refractivity contribution is 6.28. The van der Waals surface area contributed by atoms with Crippen LogP contribution in [0.5, 0.6) is 0 Å². The molecule has 0 aliphatic heterocycles. The molecule has 0 bridgehead atoms. The Kier molecular flexibility index (Phi) is 14.4. The van der Waals surface area contributed by atoms with Gasteiger partial charge in [-0.25, -0.2) is 19.9 Å². The average Bonchev–Trinajstić information content (AvgIpc) is 3.67. The Morgan fingerprint density at radius 2 is 1.20 bits per heavy atom. The van der Waals surface area contributed by atoms with E-state index < -0.39 is 0 Å². The number of nitrogens with zero attached hydrogens (tertiary/aromatic N) is 8. The number of halogens is 1. The Hall–Kier alpha value is -5.09. The minimum atomic E-state index is 0.285. The molecular formula is C38H49ClN10. The van der Waals surface area contributed by atoms with Gasteiger partial charge in [-0.2, -0.15) is 10.2 Å². The fourth-order valence-corrected chi connectivity index (χ4v) is 5.24. The first kappa shape index (κ1) is 38.4. The topological polar surface area (TPSA) is 125 Å². The number of aromatic nitrogens is 8. The molecule has 0 spiro atoms. The maximum atomic E-state index is 5.79. The van der Waals surface area contributed by atoms with E-state index in [2.05, 4.69) is 113 Å². The second-order valence-corrected chi connectivity index (χ2v) is 12.2.